The summed E-state index contributed by atoms with van der Waals surface area (Å²) in [6.45, 7) is 0.173. The highest BCUT2D eigenvalue weighted by Gasteiger charge is 2.52. The molecule has 4 atom stereocenters. The summed E-state index contributed by atoms with van der Waals surface area (Å²) < 4.78 is 20.1. The van der Waals surface area contributed by atoms with Crippen LogP contribution in [0.4, 0.5) is 10.5 Å². The summed E-state index contributed by atoms with van der Waals surface area (Å²) >= 11 is 4.39. The van der Waals surface area contributed by atoms with Crippen LogP contribution in [0.15, 0.2) is 77.8 Å². The van der Waals surface area contributed by atoms with E-state index in [1.54, 1.807) is 27.2 Å². The highest BCUT2D eigenvalue weighted by molar-refractivity contribution is 7.32. The second-order valence-electron chi connectivity index (χ2n) is 13.7. The first-order valence-corrected chi connectivity index (χ1v) is 19.5. The van der Waals surface area contributed by atoms with Crippen molar-refractivity contribution in [2.45, 2.75) is 45.1 Å². The SMILES string of the molecule is O=C1C(=O)C2CC3CCCCC3CC2C1=Nc1ccc(-c2cc3c(s2)c2sc4ccccc4c2n3C(=O)OCc2ccccc2)c2nsnc12. The Kier molecular flexibility index (Phi) is 7.11. The molecule has 4 aromatic heterocycles. The third kappa shape index (κ3) is 4.66. The topological polar surface area (TPSA) is 104 Å². The maximum Gasteiger partial charge on any atom is 0.419 e. The summed E-state index contributed by atoms with van der Waals surface area (Å²) in [5.74, 6) is 0.0783. The maximum atomic E-state index is 13.9. The van der Waals surface area contributed by atoms with E-state index >= 15 is 0 Å². The standard InChI is InChI=1S/C39H30N4O4S3/c44-35-26-17-22-11-5-4-10-21(22)16-25(26)32(36(35)45)40-27-15-14-23(31-33(27)42-50-41-31)30-18-28-37(49-30)38-34(24-12-6-7-13-29(24)48-38)43(28)39(46)47-19-20-8-2-1-3-9-20/h1-3,6-9,12-15,18,21-22,25-26H,4-5,10-11,16-17,19H2. The Balaban J connectivity index is 1.05. The lowest BCUT2D eigenvalue weighted by Gasteiger charge is -2.40. The number of hydrogen-bond donors (Lipinski definition) is 0. The molecule has 7 aromatic rings. The van der Waals surface area contributed by atoms with Gasteiger partial charge in [0.25, 0.3) is 0 Å². The zero-order valence-corrected chi connectivity index (χ0v) is 29.3. The van der Waals surface area contributed by atoms with Gasteiger partial charge in [-0.05, 0) is 54.5 Å². The molecule has 50 heavy (non-hydrogen) atoms. The molecule has 0 aliphatic heterocycles. The van der Waals surface area contributed by atoms with Crippen LogP contribution in [0.3, 0.4) is 0 Å². The Morgan fingerprint density at radius 2 is 1.62 bits per heavy atom. The minimum Gasteiger partial charge on any atom is -0.444 e. The number of hydrogen-bond acceptors (Lipinski definition) is 10. The molecule has 3 aromatic carbocycles. The molecule has 10 rings (SSSR count). The van der Waals surface area contributed by atoms with E-state index < -0.39 is 11.9 Å². The minimum absolute atomic E-state index is 0.112. The molecule has 0 spiro atoms. The number of fused-ring (bicyclic) bond motifs is 8. The van der Waals surface area contributed by atoms with Gasteiger partial charge in [0.2, 0.25) is 11.6 Å². The Morgan fingerprint density at radius 1 is 0.860 bits per heavy atom. The van der Waals surface area contributed by atoms with Crippen molar-refractivity contribution in [3.63, 3.8) is 0 Å². The molecule has 0 amide bonds. The Labute approximate surface area is 298 Å². The van der Waals surface area contributed by atoms with Crippen molar-refractivity contribution >= 4 is 105 Å². The summed E-state index contributed by atoms with van der Waals surface area (Å²) in [6, 6.07) is 23.7. The van der Waals surface area contributed by atoms with Crippen LogP contribution in [-0.2, 0) is 20.9 Å². The van der Waals surface area contributed by atoms with Crippen LogP contribution in [0.5, 0.6) is 0 Å². The van der Waals surface area contributed by atoms with Gasteiger partial charge in [-0.15, -0.1) is 22.7 Å². The predicted octanol–water partition coefficient (Wildman–Crippen LogP) is 9.98. The molecule has 0 radical (unpaired) electrons. The first-order valence-electron chi connectivity index (χ1n) is 17.1. The van der Waals surface area contributed by atoms with Gasteiger partial charge in [0.05, 0.1) is 43.6 Å². The summed E-state index contributed by atoms with van der Waals surface area (Å²) in [7, 11) is 0. The van der Waals surface area contributed by atoms with Gasteiger partial charge in [-0.25, -0.2) is 14.4 Å². The molecule has 4 heterocycles. The van der Waals surface area contributed by atoms with E-state index in [0.717, 1.165) is 77.5 Å². The summed E-state index contributed by atoms with van der Waals surface area (Å²) in [5.41, 5.74) is 5.73. The van der Waals surface area contributed by atoms with Crippen LogP contribution in [-0.4, -0.2) is 36.7 Å². The van der Waals surface area contributed by atoms with Crippen molar-refractivity contribution in [2.24, 2.45) is 28.7 Å². The number of aliphatic imine (C=N–C) groups is 1. The molecule has 3 aliphatic carbocycles. The van der Waals surface area contributed by atoms with Gasteiger partial charge >= 0.3 is 6.09 Å². The van der Waals surface area contributed by atoms with Crippen molar-refractivity contribution < 1.29 is 19.1 Å². The van der Waals surface area contributed by atoms with E-state index in [4.69, 9.17) is 14.1 Å². The highest BCUT2D eigenvalue weighted by Crippen LogP contribution is 2.50. The van der Waals surface area contributed by atoms with Gasteiger partial charge in [0, 0.05) is 32.4 Å². The van der Waals surface area contributed by atoms with E-state index in [2.05, 4.69) is 16.5 Å². The quantitative estimate of drug-likeness (QED) is 0.168. The lowest BCUT2D eigenvalue weighted by molar-refractivity contribution is -0.135. The number of nitrogens with zero attached hydrogens (tertiary/aromatic N) is 4. The van der Waals surface area contributed by atoms with Crippen LogP contribution in [0, 0.1) is 23.7 Å². The molecule has 3 fully saturated rings. The molecule has 8 nitrogen and oxygen atoms in total. The first kappa shape index (κ1) is 30.3. The van der Waals surface area contributed by atoms with Gasteiger partial charge in [-0.1, -0.05) is 74.2 Å². The number of Topliss-reactive ketones (excluding diaryl/α,β-unsaturated/α-hetero) is 2. The monoisotopic (exact) mass is 714 g/mol. The normalized spacial score (nSPS) is 23.0. The number of benzene rings is 3. The molecule has 0 bridgehead atoms. The summed E-state index contributed by atoms with van der Waals surface area (Å²) in [5, 5.41) is 1.02. The van der Waals surface area contributed by atoms with Gasteiger partial charge < -0.3 is 4.74 Å². The van der Waals surface area contributed by atoms with Crippen LogP contribution in [0.25, 0.3) is 52.0 Å². The molecule has 11 heteroatoms. The fourth-order valence-electron chi connectivity index (χ4n) is 8.69. The van der Waals surface area contributed by atoms with E-state index in [9.17, 15) is 14.4 Å². The van der Waals surface area contributed by atoms with E-state index in [1.165, 1.54) is 19.3 Å². The van der Waals surface area contributed by atoms with Crippen LogP contribution < -0.4 is 0 Å². The molecule has 4 unspecified atom stereocenters. The molecular weight excluding hydrogens is 685 g/mol. The fraction of sp³-hybridized carbons (Fsp3) is 0.282. The third-order valence-corrected chi connectivity index (χ3v) is 14.1. The van der Waals surface area contributed by atoms with Crippen molar-refractivity contribution in [3.8, 4) is 10.4 Å². The fourth-order valence-corrected chi connectivity index (χ4v) is 11.8. The first-order chi connectivity index (χ1) is 24.5. The number of ketones is 2. The number of ether oxygens (including phenoxy) is 1. The van der Waals surface area contributed by atoms with Gasteiger partial charge in [0.15, 0.2) is 0 Å². The van der Waals surface area contributed by atoms with E-state index in [-0.39, 0.29) is 24.2 Å². The minimum atomic E-state index is -0.426. The van der Waals surface area contributed by atoms with Gasteiger partial charge in [-0.2, -0.15) is 8.75 Å². The van der Waals surface area contributed by atoms with Crippen molar-refractivity contribution in [3.05, 3.63) is 78.4 Å². The molecule has 3 saturated carbocycles. The van der Waals surface area contributed by atoms with Gasteiger partial charge in [0.1, 0.15) is 17.6 Å². The van der Waals surface area contributed by atoms with E-state index in [1.807, 2.05) is 60.7 Å². The molecule has 0 N–H and O–H groups in total. The van der Waals surface area contributed by atoms with Crippen LogP contribution in [0.1, 0.15) is 44.1 Å². The summed E-state index contributed by atoms with van der Waals surface area (Å²) in [4.78, 5) is 46.3. The van der Waals surface area contributed by atoms with Crippen LogP contribution >= 0.6 is 34.4 Å². The lowest BCUT2D eigenvalue weighted by Crippen LogP contribution is -2.35. The van der Waals surface area contributed by atoms with Crippen molar-refractivity contribution in [1.29, 1.82) is 0 Å². The average molecular weight is 715 g/mol. The largest absolute Gasteiger partial charge is 0.444 e. The molecule has 0 saturated heterocycles. The predicted molar refractivity (Wildman–Crippen MR) is 200 cm³/mol. The lowest BCUT2D eigenvalue weighted by atomic mass is 9.64. The zero-order chi connectivity index (χ0) is 33.5. The zero-order valence-electron chi connectivity index (χ0n) is 26.8. The Hall–Kier alpha value is -4.58. The Morgan fingerprint density at radius 3 is 2.46 bits per heavy atom. The Bertz CT molecular complexity index is 2560. The highest BCUT2D eigenvalue weighted by atomic mass is 32.1. The number of aromatic nitrogens is 3. The van der Waals surface area contributed by atoms with Crippen LogP contribution in [0.2, 0.25) is 0 Å². The molecule has 248 valence electrons. The number of rotatable bonds is 4. The summed E-state index contributed by atoms with van der Waals surface area (Å²) in [6.07, 6.45) is 6.04. The van der Waals surface area contributed by atoms with Gasteiger partial charge in [-0.3, -0.25) is 9.59 Å². The second kappa shape index (κ2) is 11.8. The third-order valence-electron chi connectivity index (χ3n) is 11.1. The van der Waals surface area contributed by atoms with E-state index in [0.29, 0.717) is 34.3 Å². The maximum absolute atomic E-state index is 13.9. The second-order valence-corrected chi connectivity index (χ2v) is 16.4. The van der Waals surface area contributed by atoms with Crippen molar-refractivity contribution in [2.75, 3.05) is 0 Å². The van der Waals surface area contributed by atoms with Crippen molar-refractivity contribution in [1.82, 2.24) is 13.3 Å². The smallest absolute Gasteiger partial charge is 0.419 e. The number of carbonyl (C=O) groups is 3. The average Bonchev–Trinajstić information content (AvgIpc) is 3.97. The molecular formula is C39H30N4O4S3. The number of carbonyl (C=O) groups excluding carboxylic acids is 3. The molecule has 3 aliphatic rings. The number of thiophene rings is 2.